The normalized spacial score (nSPS) is 41.9. The maximum absolute atomic E-state index is 10.5. The van der Waals surface area contributed by atoms with E-state index >= 15 is 0 Å². The minimum atomic E-state index is -0.404. The Balaban J connectivity index is 1.66. The van der Waals surface area contributed by atoms with Gasteiger partial charge in [-0.1, -0.05) is 18.6 Å². The van der Waals surface area contributed by atoms with Gasteiger partial charge in [-0.05, 0) is 61.5 Å². The lowest BCUT2D eigenvalue weighted by Crippen LogP contribution is -2.42. The van der Waals surface area contributed by atoms with Gasteiger partial charge in [0, 0.05) is 32.5 Å². The van der Waals surface area contributed by atoms with E-state index in [4.69, 9.17) is 9.47 Å². The molecule has 0 radical (unpaired) electrons. The van der Waals surface area contributed by atoms with Gasteiger partial charge in [0.25, 0.3) is 0 Å². The number of aliphatic hydroxyl groups is 1. The Morgan fingerprint density at radius 2 is 1.91 bits per heavy atom. The number of ether oxygens (including phenoxy) is 2. The highest BCUT2D eigenvalue weighted by Gasteiger charge is 2.53. The number of rotatable bonds is 2. The van der Waals surface area contributed by atoms with E-state index in [0.717, 1.165) is 32.1 Å². The van der Waals surface area contributed by atoms with E-state index in [0.29, 0.717) is 11.8 Å². The lowest BCUT2D eigenvalue weighted by molar-refractivity contribution is -0.212. The Morgan fingerprint density at radius 1 is 1.13 bits per heavy atom. The second-order valence-corrected chi connectivity index (χ2v) is 8.29. The average Bonchev–Trinajstić information content (AvgIpc) is 2.89. The second-order valence-electron chi connectivity index (χ2n) is 8.29. The van der Waals surface area contributed by atoms with Crippen LogP contribution in [0, 0.1) is 17.3 Å². The standard InChI is InChI=1S/C20H30O3/c1-19-10-8-15-14-9-11-20(22-2,23-3)12-13(14)4-5-16(15)17(19)6-7-18(19)21/h8,16-18,21H,4-7,9-12H2,1-3H3. The van der Waals surface area contributed by atoms with Gasteiger partial charge in [0.15, 0.2) is 5.79 Å². The molecule has 0 aliphatic heterocycles. The van der Waals surface area contributed by atoms with Crippen LogP contribution < -0.4 is 0 Å². The molecule has 4 aliphatic rings. The molecule has 0 aromatic rings. The van der Waals surface area contributed by atoms with Crippen molar-refractivity contribution >= 4 is 0 Å². The summed E-state index contributed by atoms with van der Waals surface area (Å²) < 4.78 is 11.4. The molecule has 1 fully saturated rings. The zero-order chi connectivity index (χ0) is 16.2. The second kappa shape index (κ2) is 5.44. The zero-order valence-corrected chi connectivity index (χ0v) is 14.7. The molecule has 4 atom stereocenters. The first-order chi connectivity index (χ1) is 11.0. The molecule has 3 heteroatoms. The summed E-state index contributed by atoms with van der Waals surface area (Å²) in [6, 6.07) is 0. The Bertz CT molecular complexity index is 557. The molecule has 1 saturated carbocycles. The molecule has 4 unspecified atom stereocenters. The van der Waals surface area contributed by atoms with Gasteiger partial charge in [0.2, 0.25) is 0 Å². The molecule has 0 aromatic heterocycles. The fourth-order valence-electron chi connectivity index (χ4n) is 5.96. The smallest absolute Gasteiger partial charge is 0.171 e. The quantitative estimate of drug-likeness (QED) is 0.783. The van der Waals surface area contributed by atoms with Gasteiger partial charge in [0.1, 0.15) is 0 Å². The summed E-state index contributed by atoms with van der Waals surface area (Å²) in [5, 5.41) is 10.5. The molecule has 128 valence electrons. The van der Waals surface area contributed by atoms with Crippen LogP contribution in [0.2, 0.25) is 0 Å². The third-order valence-corrected chi connectivity index (χ3v) is 7.52. The van der Waals surface area contributed by atoms with Crippen molar-refractivity contribution in [2.45, 2.75) is 70.2 Å². The van der Waals surface area contributed by atoms with Crippen molar-refractivity contribution in [2.75, 3.05) is 14.2 Å². The fourth-order valence-corrected chi connectivity index (χ4v) is 5.96. The molecule has 0 amide bonds. The predicted octanol–water partition coefficient (Wildman–Crippen LogP) is 3.97. The van der Waals surface area contributed by atoms with Gasteiger partial charge < -0.3 is 14.6 Å². The molecule has 1 N–H and O–H groups in total. The van der Waals surface area contributed by atoms with Crippen molar-refractivity contribution in [3.63, 3.8) is 0 Å². The highest BCUT2D eigenvalue weighted by atomic mass is 16.7. The first-order valence-electron chi connectivity index (χ1n) is 9.23. The van der Waals surface area contributed by atoms with E-state index in [9.17, 15) is 5.11 Å². The molecule has 0 heterocycles. The van der Waals surface area contributed by atoms with Gasteiger partial charge in [0.05, 0.1) is 6.10 Å². The van der Waals surface area contributed by atoms with E-state index in [2.05, 4.69) is 13.0 Å². The molecule has 0 bridgehead atoms. The van der Waals surface area contributed by atoms with Crippen molar-refractivity contribution in [3.8, 4) is 0 Å². The third-order valence-electron chi connectivity index (χ3n) is 7.52. The number of allylic oxidation sites excluding steroid dienone is 3. The van der Waals surface area contributed by atoms with Crippen molar-refractivity contribution in [3.05, 3.63) is 22.8 Å². The lowest BCUT2D eigenvalue weighted by atomic mass is 9.58. The van der Waals surface area contributed by atoms with Crippen LogP contribution >= 0.6 is 0 Å². The monoisotopic (exact) mass is 318 g/mol. The van der Waals surface area contributed by atoms with E-state index < -0.39 is 5.79 Å². The van der Waals surface area contributed by atoms with Crippen LogP contribution in [0.4, 0.5) is 0 Å². The fraction of sp³-hybridized carbons (Fsp3) is 0.800. The number of hydrogen-bond donors (Lipinski definition) is 1. The molecule has 0 spiro atoms. The number of aliphatic hydroxyl groups excluding tert-OH is 1. The van der Waals surface area contributed by atoms with Gasteiger partial charge in [-0.2, -0.15) is 0 Å². The average molecular weight is 318 g/mol. The Kier molecular flexibility index (Phi) is 3.75. The van der Waals surface area contributed by atoms with E-state index in [1.807, 2.05) is 0 Å². The highest BCUT2D eigenvalue weighted by Crippen LogP contribution is 2.59. The minimum Gasteiger partial charge on any atom is -0.393 e. The highest BCUT2D eigenvalue weighted by molar-refractivity contribution is 5.44. The number of hydrogen-bond acceptors (Lipinski definition) is 3. The zero-order valence-electron chi connectivity index (χ0n) is 14.7. The van der Waals surface area contributed by atoms with Crippen LogP contribution in [-0.2, 0) is 9.47 Å². The minimum absolute atomic E-state index is 0.110. The van der Waals surface area contributed by atoms with Crippen LogP contribution in [0.25, 0.3) is 0 Å². The van der Waals surface area contributed by atoms with E-state index in [1.54, 1.807) is 30.9 Å². The molecular formula is C20H30O3. The maximum Gasteiger partial charge on any atom is 0.171 e. The molecule has 4 aliphatic carbocycles. The molecule has 3 nitrogen and oxygen atoms in total. The van der Waals surface area contributed by atoms with E-state index in [1.165, 1.54) is 19.3 Å². The summed E-state index contributed by atoms with van der Waals surface area (Å²) in [4.78, 5) is 0. The van der Waals surface area contributed by atoms with Gasteiger partial charge in [-0.15, -0.1) is 0 Å². The Hall–Kier alpha value is -0.640. The van der Waals surface area contributed by atoms with Crippen LogP contribution in [0.3, 0.4) is 0 Å². The van der Waals surface area contributed by atoms with Crippen molar-refractivity contribution in [1.29, 1.82) is 0 Å². The topological polar surface area (TPSA) is 38.7 Å². The van der Waals surface area contributed by atoms with Gasteiger partial charge in [-0.25, -0.2) is 0 Å². The first-order valence-corrected chi connectivity index (χ1v) is 9.23. The van der Waals surface area contributed by atoms with Crippen LogP contribution in [0.5, 0.6) is 0 Å². The summed E-state index contributed by atoms with van der Waals surface area (Å²) in [5.74, 6) is 0.934. The third kappa shape index (κ3) is 2.20. The SMILES string of the molecule is COC1(OC)CCC2=C(CCC3C2=CCC2(C)C(O)CCC32)C1. The Morgan fingerprint density at radius 3 is 2.65 bits per heavy atom. The predicted molar refractivity (Wildman–Crippen MR) is 89.9 cm³/mol. The number of fused-ring (bicyclic) bond motifs is 4. The molecule has 23 heavy (non-hydrogen) atoms. The first kappa shape index (κ1) is 15.9. The molecular weight excluding hydrogens is 288 g/mol. The van der Waals surface area contributed by atoms with E-state index in [-0.39, 0.29) is 11.5 Å². The summed E-state index contributed by atoms with van der Waals surface area (Å²) in [6.07, 6.45) is 10.9. The van der Waals surface area contributed by atoms with Crippen LogP contribution in [-0.4, -0.2) is 31.2 Å². The van der Waals surface area contributed by atoms with Gasteiger partial charge in [-0.3, -0.25) is 0 Å². The van der Waals surface area contributed by atoms with Crippen molar-refractivity contribution in [2.24, 2.45) is 17.3 Å². The summed E-state index contributed by atoms with van der Waals surface area (Å²) in [5.41, 5.74) is 4.90. The summed E-state index contributed by atoms with van der Waals surface area (Å²) in [6.45, 7) is 2.31. The largest absolute Gasteiger partial charge is 0.393 e. The Labute approximate surface area is 139 Å². The summed E-state index contributed by atoms with van der Waals surface area (Å²) in [7, 11) is 3.54. The van der Waals surface area contributed by atoms with Crippen molar-refractivity contribution in [1.82, 2.24) is 0 Å². The molecule has 0 saturated heterocycles. The molecule has 4 rings (SSSR count). The van der Waals surface area contributed by atoms with Crippen molar-refractivity contribution < 1.29 is 14.6 Å². The number of methoxy groups -OCH3 is 2. The van der Waals surface area contributed by atoms with Gasteiger partial charge >= 0.3 is 0 Å². The summed E-state index contributed by atoms with van der Waals surface area (Å²) >= 11 is 0. The van der Waals surface area contributed by atoms with Crippen LogP contribution in [0.1, 0.15) is 58.3 Å². The lowest BCUT2D eigenvalue weighted by Gasteiger charge is -2.48. The van der Waals surface area contributed by atoms with Crippen LogP contribution in [0.15, 0.2) is 22.8 Å². The molecule has 0 aromatic carbocycles. The maximum atomic E-state index is 10.5.